The Balaban J connectivity index is 2.72. The number of hydrogen-bond donors (Lipinski definition) is 0. The fourth-order valence-corrected chi connectivity index (χ4v) is 1.61. The first-order valence-electron chi connectivity index (χ1n) is 3.67. The van der Waals surface area contributed by atoms with Gasteiger partial charge in [-0.05, 0) is 28.7 Å². The minimum Gasteiger partial charge on any atom is -0.219 e. The molecule has 0 atom stereocenters. The van der Waals surface area contributed by atoms with E-state index in [9.17, 15) is 13.2 Å². The van der Waals surface area contributed by atoms with Crippen molar-refractivity contribution >= 4 is 39.8 Å². The van der Waals surface area contributed by atoms with Crippen LogP contribution in [0.1, 0.15) is 5.82 Å². The molecule has 0 aromatic carbocycles. The molecule has 0 fully saturated rings. The van der Waals surface area contributed by atoms with Gasteiger partial charge in [0.05, 0.1) is 5.02 Å². The highest BCUT2D eigenvalue weighted by molar-refractivity contribution is 14.1. The first kappa shape index (κ1) is 10.9. The lowest BCUT2D eigenvalue weighted by molar-refractivity contribution is -0.144. The highest BCUT2D eigenvalue weighted by atomic mass is 127. The predicted molar refractivity (Wildman–Crippen MR) is 55.7 cm³/mol. The molecule has 0 aliphatic heterocycles. The van der Waals surface area contributed by atoms with Gasteiger partial charge in [-0.15, -0.1) is 5.10 Å². The van der Waals surface area contributed by atoms with Crippen LogP contribution in [0.25, 0.3) is 5.65 Å². The summed E-state index contributed by atoms with van der Waals surface area (Å²) in [4.78, 5) is 3.33. The monoisotopic (exact) mass is 347 g/mol. The van der Waals surface area contributed by atoms with E-state index in [-0.39, 0.29) is 10.7 Å². The minimum absolute atomic E-state index is 0.0101. The molecule has 3 nitrogen and oxygen atoms in total. The van der Waals surface area contributed by atoms with E-state index in [2.05, 4.69) is 10.1 Å². The number of alkyl halides is 3. The first-order valence-corrected chi connectivity index (χ1v) is 5.13. The smallest absolute Gasteiger partial charge is 0.219 e. The fourth-order valence-electron chi connectivity index (χ4n) is 1.01. The topological polar surface area (TPSA) is 30.2 Å². The van der Waals surface area contributed by atoms with E-state index >= 15 is 0 Å². The Hall–Kier alpha value is -0.570. The lowest BCUT2D eigenvalue weighted by Crippen LogP contribution is -2.07. The summed E-state index contributed by atoms with van der Waals surface area (Å²) >= 11 is 7.70. The van der Waals surface area contributed by atoms with Gasteiger partial charge in [-0.3, -0.25) is 0 Å². The third-order valence-electron chi connectivity index (χ3n) is 1.65. The molecule has 8 heteroatoms. The molecule has 2 aromatic heterocycles. The Bertz CT molecular complexity index is 522. The average molecular weight is 347 g/mol. The van der Waals surface area contributed by atoms with Gasteiger partial charge in [0.25, 0.3) is 5.82 Å². The summed E-state index contributed by atoms with van der Waals surface area (Å²) in [6, 6.07) is 1.56. The van der Waals surface area contributed by atoms with Gasteiger partial charge < -0.3 is 0 Å². The van der Waals surface area contributed by atoms with Crippen LogP contribution in [0.15, 0.2) is 12.3 Å². The van der Waals surface area contributed by atoms with E-state index in [0.29, 0.717) is 3.57 Å². The summed E-state index contributed by atoms with van der Waals surface area (Å²) < 4.78 is 38.5. The summed E-state index contributed by atoms with van der Waals surface area (Å²) in [7, 11) is 0. The number of halogens is 5. The largest absolute Gasteiger partial charge is 0.453 e. The molecule has 2 heterocycles. The van der Waals surface area contributed by atoms with E-state index in [1.54, 1.807) is 6.07 Å². The molecule has 0 bridgehead atoms. The van der Waals surface area contributed by atoms with E-state index < -0.39 is 12.0 Å². The molecule has 0 saturated carbocycles. The molecule has 15 heavy (non-hydrogen) atoms. The van der Waals surface area contributed by atoms with E-state index in [0.717, 1.165) is 4.52 Å². The van der Waals surface area contributed by atoms with Gasteiger partial charge in [0, 0.05) is 9.77 Å². The van der Waals surface area contributed by atoms with Crippen LogP contribution < -0.4 is 0 Å². The van der Waals surface area contributed by atoms with Gasteiger partial charge in [0.2, 0.25) is 0 Å². The highest BCUT2D eigenvalue weighted by Crippen LogP contribution is 2.29. The molecule has 80 valence electrons. The zero-order chi connectivity index (χ0) is 11.2. The van der Waals surface area contributed by atoms with Crippen LogP contribution >= 0.6 is 34.2 Å². The standard InChI is InChI=1S/C7H2ClF3IN3/c8-4-3(12)1-2-15-5(4)13-6(14-15)7(9,10)11/h1-2H. The van der Waals surface area contributed by atoms with E-state index in [1.807, 2.05) is 22.6 Å². The molecule has 0 unspecified atom stereocenters. The van der Waals surface area contributed by atoms with Crippen molar-refractivity contribution in [2.75, 3.05) is 0 Å². The molecule has 0 N–H and O–H groups in total. The lowest BCUT2D eigenvalue weighted by Gasteiger charge is -1.96. The predicted octanol–water partition coefficient (Wildman–Crippen LogP) is 3.01. The maximum absolute atomic E-state index is 12.3. The summed E-state index contributed by atoms with van der Waals surface area (Å²) in [6.45, 7) is 0. The van der Waals surface area contributed by atoms with Crippen LogP contribution in [0.5, 0.6) is 0 Å². The van der Waals surface area contributed by atoms with E-state index in [4.69, 9.17) is 11.6 Å². The number of hydrogen-bond acceptors (Lipinski definition) is 2. The van der Waals surface area contributed by atoms with Gasteiger partial charge >= 0.3 is 6.18 Å². The number of aromatic nitrogens is 3. The molecule has 0 amide bonds. The van der Waals surface area contributed by atoms with Gasteiger partial charge in [-0.25, -0.2) is 9.50 Å². The van der Waals surface area contributed by atoms with Crippen molar-refractivity contribution < 1.29 is 13.2 Å². The maximum atomic E-state index is 12.3. The number of rotatable bonds is 0. The van der Waals surface area contributed by atoms with Crippen molar-refractivity contribution in [3.05, 3.63) is 26.7 Å². The maximum Gasteiger partial charge on any atom is 0.453 e. The molecule has 0 aliphatic rings. The SMILES string of the molecule is FC(F)(F)c1nc2c(Cl)c(I)ccn2n1. The Morgan fingerprint density at radius 1 is 1.40 bits per heavy atom. The van der Waals surface area contributed by atoms with Crippen molar-refractivity contribution in [2.45, 2.75) is 6.18 Å². The molecule has 2 rings (SSSR count). The van der Waals surface area contributed by atoms with Crippen molar-refractivity contribution in [1.82, 2.24) is 14.6 Å². The average Bonchev–Trinajstić information content (AvgIpc) is 2.55. The van der Waals surface area contributed by atoms with Gasteiger partial charge in [-0.2, -0.15) is 13.2 Å². The van der Waals surface area contributed by atoms with Crippen LogP contribution in [0.3, 0.4) is 0 Å². The van der Waals surface area contributed by atoms with Crippen LogP contribution in [-0.2, 0) is 6.18 Å². The number of nitrogens with zero attached hydrogens (tertiary/aromatic N) is 3. The molecule has 0 saturated heterocycles. The van der Waals surface area contributed by atoms with Crippen LogP contribution in [0.4, 0.5) is 13.2 Å². The van der Waals surface area contributed by atoms with Crippen molar-refractivity contribution in [2.24, 2.45) is 0 Å². The van der Waals surface area contributed by atoms with Crippen LogP contribution in [0.2, 0.25) is 5.02 Å². The number of pyridine rings is 1. The summed E-state index contributed by atoms with van der Waals surface area (Å²) in [5.41, 5.74) is 0.0101. The van der Waals surface area contributed by atoms with Crippen LogP contribution in [-0.4, -0.2) is 14.6 Å². The molecule has 0 aliphatic carbocycles. The Kier molecular flexibility index (Phi) is 2.53. The van der Waals surface area contributed by atoms with Gasteiger partial charge in [0.15, 0.2) is 5.65 Å². The lowest BCUT2D eigenvalue weighted by atomic mass is 10.5. The zero-order valence-electron chi connectivity index (χ0n) is 6.89. The summed E-state index contributed by atoms with van der Waals surface area (Å²) in [5.74, 6) is -1.19. The second kappa shape index (κ2) is 3.48. The van der Waals surface area contributed by atoms with Crippen molar-refractivity contribution in [1.29, 1.82) is 0 Å². The number of fused-ring (bicyclic) bond motifs is 1. The van der Waals surface area contributed by atoms with Crippen LogP contribution in [0, 0.1) is 3.57 Å². The second-order valence-corrected chi connectivity index (χ2v) is 4.22. The Labute approximate surface area is 100 Å². The Morgan fingerprint density at radius 3 is 2.67 bits per heavy atom. The van der Waals surface area contributed by atoms with Gasteiger partial charge in [0.1, 0.15) is 0 Å². The van der Waals surface area contributed by atoms with E-state index in [1.165, 1.54) is 6.20 Å². The third-order valence-corrected chi connectivity index (χ3v) is 3.24. The highest BCUT2D eigenvalue weighted by Gasteiger charge is 2.36. The quantitative estimate of drug-likeness (QED) is 0.686. The molecular weight excluding hydrogens is 345 g/mol. The third kappa shape index (κ3) is 1.89. The normalized spacial score (nSPS) is 12.3. The molecule has 0 spiro atoms. The first-order chi connectivity index (χ1) is 6.89. The summed E-state index contributed by atoms with van der Waals surface area (Å²) in [6.07, 6.45) is -3.17. The second-order valence-electron chi connectivity index (χ2n) is 2.68. The minimum atomic E-state index is -4.55. The molecule has 0 radical (unpaired) electrons. The molecular formula is C7H2ClF3IN3. The van der Waals surface area contributed by atoms with Gasteiger partial charge in [-0.1, -0.05) is 11.6 Å². The van der Waals surface area contributed by atoms with Crippen molar-refractivity contribution in [3.63, 3.8) is 0 Å². The molecule has 2 aromatic rings. The Morgan fingerprint density at radius 2 is 2.07 bits per heavy atom. The summed E-state index contributed by atoms with van der Waals surface area (Å²) in [5, 5.41) is 3.45. The fraction of sp³-hybridized carbons (Fsp3) is 0.143. The van der Waals surface area contributed by atoms with Crippen molar-refractivity contribution in [3.8, 4) is 0 Å². The zero-order valence-corrected chi connectivity index (χ0v) is 9.80.